The molecule has 2 aromatic heterocycles. The number of rotatable bonds is 10. The Balaban J connectivity index is 1.55. The van der Waals surface area contributed by atoms with Crippen LogP contribution in [-0.2, 0) is 6.42 Å². The van der Waals surface area contributed by atoms with Crippen LogP contribution in [0.25, 0.3) is 32.9 Å². The standard InChI is InChI=1S/C35H40F2N6O2/c1-5-21(20(3)38)10-12-27-29-32(41-34(42-33(29)39-4)45-19-35-13-7-15-43(35)16-8-14-35)30(37)31(40-27)25-18-23(44)17-22-9-11-26(36)24(6-2)28(22)25/h2,9,11,17-18,20-21,44H,5,7-8,10,12-16,19,38H2,1,3-4H3,(H,39,41,42). The van der Waals surface area contributed by atoms with Crippen molar-refractivity contribution in [3.63, 3.8) is 0 Å². The van der Waals surface area contributed by atoms with Crippen molar-refractivity contribution in [2.45, 2.75) is 70.4 Å². The van der Waals surface area contributed by atoms with Crippen LogP contribution in [0.15, 0.2) is 24.3 Å². The third-order valence-electron chi connectivity index (χ3n) is 9.83. The Morgan fingerprint density at radius 3 is 2.58 bits per heavy atom. The second-order valence-corrected chi connectivity index (χ2v) is 12.5. The first-order chi connectivity index (χ1) is 21.7. The molecule has 2 aromatic carbocycles. The Labute approximate surface area is 262 Å². The molecule has 4 N–H and O–H groups in total. The van der Waals surface area contributed by atoms with E-state index in [1.807, 2.05) is 6.92 Å². The van der Waals surface area contributed by atoms with E-state index in [0.717, 1.165) is 45.2 Å². The lowest BCUT2D eigenvalue weighted by molar-refractivity contribution is 0.108. The highest BCUT2D eigenvalue weighted by molar-refractivity contribution is 6.03. The van der Waals surface area contributed by atoms with Gasteiger partial charge in [-0.15, -0.1) is 6.42 Å². The summed E-state index contributed by atoms with van der Waals surface area (Å²) < 4.78 is 38.1. The summed E-state index contributed by atoms with van der Waals surface area (Å²) in [6.07, 6.45) is 12.1. The molecule has 2 unspecified atom stereocenters. The number of nitrogens with zero attached hydrogens (tertiary/aromatic N) is 4. The number of benzene rings is 2. The minimum atomic E-state index is -0.739. The van der Waals surface area contributed by atoms with E-state index >= 15 is 4.39 Å². The topological polar surface area (TPSA) is 109 Å². The van der Waals surface area contributed by atoms with Crippen LogP contribution in [0.2, 0.25) is 0 Å². The van der Waals surface area contributed by atoms with E-state index in [1.54, 1.807) is 7.05 Å². The number of aryl methyl sites for hydroxylation is 1. The average molecular weight is 615 g/mol. The lowest BCUT2D eigenvalue weighted by Gasteiger charge is -2.31. The van der Waals surface area contributed by atoms with Crippen LogP contribution in [0.5, 0.6) is 11.8 Å². The number of anilines is 1. The molecule has 2 fully saturated rings. The van der Waals surface area contributed by atoms with Crippen molar-refractivity contribution in [2.24, 2.45) is 11.7 Å². The quantitative estimate of drug-likeness (QED) is 0.182. The summed E-state index contributed by atoms with van der Waals surface area (Å²) in [6, 6.07) is 5.61. The van der Waals surface area contributed by atoms with Gasteiger partial charge in [0.05, 0.1) is 22.2 Å². The number of fused-ring (bicyclic) bond motifs is 3. The fourth-order valence-corrected chi connectivity index (χ4v) is 7.40. The summed E-state index contributed by atoms with van der Waals surface area (Å²) in [6.45, 7) is 6.59. The van der Waals surface area contributed by atoms with Gasteiger partial charge in [0.15, 0.2) is 5.82 Å². The summed E-state index contributed by atoms with van der Waals surface area (Å²) >= 11 is 0. The summed E-state index contributed by atoms with van der Waals surface area (Å²) in [7, 11) is 1.72. The first-order valence-electron chi connectivity index (χ1n) is 15.8. The molecule has 4 heterocycles. The smallest absolute Gasteiger partial charge is 0.319 e. The fraction of sp³-hybridized carbons (Fsp3) is 0.457. The molecule has 0 aliphatic carbocycles. The zero-order chi connectivity index (χ0) is 31.9. The van der Waals surface area contributed by atoms with Crippen molar-refractivity contribution < 1.29 is 18.6 Å². The number of nitrogens with one attached hydrogen (secondary N) is 1. The normalized spacial score (nSPS) is 17.4. The molecule has 0 spiro atoms. The van der Waals surface area contributed by atoms with Gasteiger partial charge in [0.1, 0.15) is 35.2 Å². The monoisotopic (exact) mass is 614 g/mol. The lowest BCUT2D eigenvalue weighted by atomic mass is 9.91. The Morgan fingerprint density at radius 2 is 1.91 bits per heavy atom. The first-order valence-corrected chi connectivity index (χ1v) is 15.8. The molecule has 0 bridgehead atoms. The Morgan fingerprint density at radius 1 is 1.16 bits per heavy atom. The third-order valence-corrected chi connectivity index (χ3v) is 9.83. The third kappa shape index (κ3) is 5.53. The van der Waals surface area contributed by atoms with Gasteiger partial charge >= 0.3 is 6.01 Å². The number of pyridine rings is 1. The van der Waals surface area contributed by atoms with Crippen molar-refractivity contribution >= 4 is 27.5 Å². The van der Waals surface area contributed by atoms with Gasteiger partial charge in [-0.3, -0.25) is 4.90 Å². The first kappa shape index (κ1) is 30.9. The second-order valence-electron chi connectivity index (χ2n) is 12.5. The van der Waals surface area contributed by atoms with Crippen LogP contribution >= 0.6 is 0 Å². The van der Waals surface area contributed by atoms with Crippen molar-refractivity contribution in [3.8, 4) is 35.4 Å². The highest BCUT2D eigenvalue weighted by Crippen LogP contribution is 2.41. The van der Waals surface area contributed by atoms with Gasteiger partial charge in [-0.25, -0.2) is 13.8 Å². The van der Waals surface area contributed by atoms with E-state index < -0.39 is 11.6 Å². The van der Waals surface area contributed by atoms with Gasteiger partial charge in [-0.2, -0.15) is 9.97 Å². The number of ether oxygens (including phenoxy) is 1. The van der Waals surface area contributed by atoms with Crippen LogP contribution in [0, 0.1) is 29.9 Å². The molecule has 10 heteroatoms. The van der Waals surface area contributed by atoms with Crippen LogP contribution in [-0.4, -0.2) is 63.3 Å². The van der Waals surface area contributed by atoms with Crippen LogP contribution in [0.4, 0.5) is 14.6 Å². The van der Waals surface area contributed by atoms with E-state index in [0.29, 0.717) is 41.7 Å². The van der Waals surface area contributed by atoms with E-state index in [1.165, 1.54) is 24.3 Å². The molecular weight excluding hydrogens is 574 g/mol. The van der Waals surface area contributed by atoms with Gasteiger partial charge in [-0.05, 0) is 88.0 Å². The maximum atomic E-state index is 16.9. The number of halogens is 2. The number of hydrogen-bond donors (Lipinski definition) is 3. The Bertz CT molecular complexity index is 1790. The van der Waals surface area contributed by atoms with Crippen molar-refractivity contribution in [1.29, 1.82) is 0 Å². The molecular formula is C35H40F2N6O2. The zero-order valence-electron chi connectivity index (χ0n) is 26.1. The number of phenols is 1. The summed E-state index contributed by atoms with van der Waals surface area (Å²) in [5, 5.41) is 15.0. The maximum absolute atomic E-state index is 16.9. The van der Waals surface area contributed by atoms with E-state index in [-0.39, 0.29) is 57.0 Å². The molecule has 2 aliphatic rings. The lowest BCUT2D eigenvalue weighted by Crippen LogP contribution is -2.43. The van der Waals surface area contributed by atoms with Crippen LogP contribution in [0.1, 0.15) is 63.6 Å². The van der Waals surface area contributed by atoms with Gasteiger partial charge in [0, 0.05) is 24.0 Å². The van der Waals surface area contributed by atoms with Gasteiger partial charge < -0.3 is 20.9 Å². The summed E-state index contributed by atoms with van der Waals surface area (Å²) in [5.41, 5.74) is 6.87. The largest absolute Gasteiger partial charge is 0.508 e. The molecule has 0 amide bonds. The zero-order valence-corrected chi connectivity index (χ0v) is 26.1. The molecule has 2 aliphatic heterocycles. The predicted octanol–water partition coefficient (Wildman–Crippen LogP) is 6.17. The number of terminal acetylenes is 1. The predicted molar refractivity (Wildman–Crippen MR) is 173 cm³/mol. The number of phenolic OH excluding ortho intramolecular Hbond substituents is 1. The summed E-state index contributed by atoms with van der Waals surface area (Å²) in [4.78, 5) is 16.6. The molecule has 2 saturated heterocycles. The number of aromatic hydroxyl groups is 1. The van der Waals surface area contributed by atoms with Gasteiger partial charge in [-0.1, -0.05) is 25.3 Å². The fourth-order valence-electron chi connectivity index (χ4n) is 7.40. The molecule has 236 valence electrons. The van der Waals surface area contributed by atoms with Gasteiger partial charge in [0.2, 0.25) is 0 Å². The van der Waals surface area contributed by atoms with E-state index in [4.69, 9.17) is 21.9 Å². The van der Waals surface area contributed by atoms with Crippen LogP contribution in [0.3, 0.4) is 0 Å². The molecule has 8 nitrogen and oxygen atoms in total. The molecule has 6 rings (SSSR count). The number of aromatic nitrogens is 3. The Hall–Kier alpha value is -4.07. The summed E-state index contributed by atoms with van der Waals surface area (Å²) in [5.74, 6) is 1.53. The van der Waals surface area contributed by atoms with E-state index in [9.17, 15) is 9.50 Å². The van der Waals surface area contributed by atoms with Crippen LogP contribution < -0.4 is 15.8 Å². The van der Waals surface area contributed by atoms with Gasteiger partial charge in [0.25, 0.3) is 0 Å². The van der Waals surface area contributed by atoms with E-state index in [2.05, 4.69) is 33.0 Å². The minimum absolute atomic E-state index is 0.0283. The molecule has 45 heavy (non-hydrogen) atoms. The molecule has 4 aromatic rings. The highest BCUT2D eigenvalue weighted by atomic mass is 19.1. The highest BCUT2D eigenvalue weighted by Gasteiger charge is 2.45. The van der Waals surface area contributed by atoms with Crippen molar-refractivity contribution in [3.05, 3.63) is 47.2 Å². The molecule has 0 saturated carbocycles. The molecule has 0 radical (unpaired) electrons. The van der Waals surface area contributed by atoms with Crippen molar-refractivity contribution in [1.82, 2.24) is 19.9 Å². The molecule has 2 atom stereocenters. The number of nitrogens with two attached hydrogens (primary N) is 1. The van der Waals surface area contributed by atoms with Crippen molar-refractivity contribution in [2.75, 3.05) is 32.1 Å². The second kappa shape index (κ2) is 12.4. The average Bonchev–Trinajstić information content (AvgIpc) is 3.61. The Kier molecular flexibility index (Phi) is 8.51. The number of hydrogen-bond acceptors (Lipinski definition) is 8. The maximum Gasteiger partial charge on any atom is 0.319 e. The minimum Gasteiger partial charge on any atom is -0.508 e. The SMILES string of the molecule is C#Cc1c(F)ccc2cc(O)cc(-c3nc(CCC(CC)C(C)N)c4c(NC)nc(OCC56CCCN5CCC6)nc4c3F)c12.